The van der Waals surface area contributed by atoms with Gasteiger partial charge in [-0.2, -0.15) is 26.3 Å². The predicted octanol–water partition coefficient (Wildman–Crippen LogP) is 11.1. The Balaban J connectivity index is 0.998. The van der Waals surface area contributed by atoms with E-state index in [0.717, 1.165) is 76.5 Å². The third-order valence-electron chi connectivity index (χ3n) is 10.4. The smallest absolute Gasteiger partial charge is 0.416 e. The molecule has 4 bridgehead atoms. The van der Waals surface area contributed by atoms with Gasteiger partial charge in [0.15, 0.2) is 21.3 Å². The molecule has 0 spiro atoms. The first-order valence-electron chi connectivity index (χ1n) is 16.6. The first-order chi connectivity index (χ1) is 23.7. The Labute approximate surface area is 294 Å². The number of benzene rings is 4. The molecule has 0 atom stereocenters. The van der Waals surface area contributed by atoms with Gasteiger partial charge in [-0.25, -0.2) is 4.79 Å². The van der Waals surface area contributed by atoms with Crippen molar-refractivity contribution in [1.29, 1.82) is 0 Å². The molecule has 4 fully saturated rings. The molecule has 0 saturated heterocycles. The first-order valence-corrected chi connectivity index (χ1v) is 18.6. The van der Waals surface area contributed by atoms with Crippen LogP contribution < -0.4 is 4.74 Å². The topological polar surface area (TPSA) is 35.5 Å². The second-order valence-electron chi connectivity index (χ2n) is 13.6. The van der Waals surface area contributed by atoms with E-state index in [9.17, 15) is 31.1 Å². The van der Waals surface area contributed by atoms with Gasteiger partial charge in [-0.05, 0) is 160 Å². The quantitative estimate of drug-likeness (QED) is 0.0976. The van der Waals surface area contributed by atoms with Crippen molar-refractivity contribution in [1.82, 2.24) is 0 Å². The molecule has 4 aromatic carbocycles. The average molecular weight is 730 g/mol. The van der Waals surface area contributed by atoms with Gasteiger partial charge in [0, 0.05) is 9.79 Å². The molecule has 262 valence electrons. The third kappa shape index (κ3) is 7.40. The molecule has 11 heteroatoms. The van der Waals surface area contributed by atoms with E-state index >= 15 is 0 Å². The van der Waals surface area contributed by atoms with Crippen molar-refractivity contribution in [3.05, 3.63) is 108 Å². The van der Waals surface area contributed by atoms with E-state index in [1.807, 2.05) is 36.4 Å². The summed E-state index contributed by atoms with van der Waals surface area (Å²) in [4.78, 5) is 16.5. The van der Waals surface area contributed by atoms with Crippen LogP contribution in [-0.2, 0) is 32.8 Å². The second kappa shape index (κ2) is 13.5. The zero-order chi connectivity index (χ0) is 35.3. The number of carbonyl (C=O) groups is 1. The van der Waals surface area contributed by atoms with Crippen LogP contribution in [0.5, 0.6) is 5.75 Å². The maximum absolute atomic E-state index is 13.2. The molecule has 0 aliphatic heterocycles. The van der Waals surface area contributed by atoms with Crippen LogP contribution in [0, 0.1) is 23.7 Å². The van der Waals surface area contributed by atoms with Crippen molar-refractivity contribution in [3.63, 3.8) is 0 Å². The number of alkyl halides is 6. The molecule has 4 saturated carbocycles. The maximum Gasteiger partial charge on any atom is 0.416 e. The van der Waals surface area contributed by atoms with E-state index in [2.05, 4.69) is 6.92 Å². The molecule has 3 nitrogen and oxygen atoms in total. The molecular formula is C39H35F6O3S2+. The Morgan fingerprint density at radius 1 is 0.660 bits per heavy atom. The van der Waals surface area contributed by atoms with E-state index in [-0.39, 0.29) is 12.6 Å². The fourth-order valence-electron chi connectivity index (χ4n) is 8.06. The summed E-state index contributed by atoms with van der Waals surface area (Å²) in [6, 6.07) is 24.2. The summed E-state index contributed by atoms with van der Waals surface area (Å²) < 4.78 is 91.4. The Bertz CT molecular complexity index is 1720. The van der Waals surface area contributed by atoms with Crippen LogP contribution in [0.15, 0.2) is 122 Å². The van der Waals surface area contributed by atoms with Gasteiger partial charge in [0.25, 0.3) is 0 Å². The predicted molar refractivity (Wildman–Crippen MR) is 179 cm³/mol. The van der Waals surface area contributed by atoms with E-state index in [4.69, 9.17) is 9.47 Å². The summed E-state index contributed by atoms with van der Waals surface area (Å²) in [7, 11) is -0.954. The summed E-state index contributed by atoms with van der Waals surface area (Å²) in [5.41, 5.74) is -2.00. The van der Waals surface area contributed by atoms with Gasteiger partial charge in [-0.15, -0.1) is 0 Å². The van der Waals surface area contributed by atoms with Gasteiger partial charge in [-0.3, -0.25) is 0 Å². The standard InChI is InChI=1S/C39H35F6O3S2/c1-37(28-19-24-18-25(21-28)22-29(37)20-24)48-36(46)23-47-30-6-8-31(9-7-30)49-32-10-16-35(17-11-32)50(33-12-2-26(3-13-33)38(40,41)42)34-14-4-27(5-15-34)39(43,44)45/h2-17,24-25,28-29H,18-23H2,1H3/q+1. The first kappa shape index (κ1) is 34.9. The summed E-state index contributed by atoms with van der Waals surface area (Å²) in [5, 5.41) is 0. The molecule has 0 amide bonds. The SMILES string of the molecule is CC1(OC(=O)COc2ccc(Sc3ccc([S+](c4ccc(C(F)(F)F)cc4)c4ccc(C(F)(F)F)cc4)cc3)cc2)C2CC3CC(C2)CC1C3. The number of esters is 1. The molecule has 4 aliphatic carbocycles. The Morgan fingerprint density at radius 2 is 1.06 bits per heavy atom. The summed E-state index contributed by atoms with van der Waals surface area (Å²) in [5.74, 6) is 2.65. The largest absolute Gasteiger partial charge is 0.482 e. The molecule has 4 aliphatic rings. The van der Waals surface area contributed by atoms with Crippen molar-refractivity contribution in [2.24, 2.45) is 23.7 Å². The van der Waals surface area contributed by atoms with E-state index in [1.54, 1.807) is 12.1 Å². The summed E-state index contributed by atoms with van der Waals surface area (Å²) in [6.45, 7) is 1.95. The van der Waals surface area contributed by atoms with Crippen molar-refractivity contribution in [2.45, 2.75) is 81.5 Å². The zero-order valence-electron chi connectivity index (χ0n) is 27.1. The molecule has 0 radical (unpaired) electrons. The lowest BCUT2D eigenvalue weighted by Gasteiger charge is -2.59. The van der Waals surface area contributed by atoms with E-state index in [0.29, 0.717) is 27.4 Å². The van der Waals surface area contributed by atoms with Gasteiger partial charge >= 0.3 is 18.3 Å². The minimum atomic E-state index is -4.51. The summed E-state index contributed by atoms with van der Waals surface area (Å²) in [6.07, 6.45) is -3.08. The van der Waals surface area contributed by atoms with Crippen LogP contribution >= 0.6 is 11.8 Å². The Kier molecular flexibility index (Phi) is 9.43. The van der Waals surface area contributed by atoms with Crippen LogP contribution in [0.1, 0.15) is 50.2 Å². The fraction of sp³-hybridized carbons (Fsp3) is 0.359. The van der Waals surface area contributed by atoms with Gasteiger partial charge in [-0.1, -0.05) is 11.8 Å². The highest BCUT2D eigenvalue weighted by atomic mass is 32.2. The number of hydrogen-bond acceptors (Lipinski definition) is 4. The fourth-order valence-corrected chi connectivity index (χ4v) is 10.9. The lowest BCUT2D eigenvalue weighted by Crippen LogP contribution is -2.58. The van der Waals surface area contributed by atoms with Gasteiger partial charge in [0.05, 0.1) is 22.0 Å². The van der Waals surface area contributed by atoms with Crippen LogP contribution in [-0.4, -0.2) is 18.2 Å². The molecule has 50 heavy (non-hydrogen) atoms. The molecule has 0 aromatic heterocycles. The maximum atomic E-state index is 13.2. The molecule has 0 unspecified atom stereocenters. The number of ether oxygens (including phenoxy) is 2. The number of halogens is 6. The molecule has 4 aromatic rings. The highest BCUT2D eigenvalue weighted by molar-refractivity contribution is 7.99. The van der Waals surface area contributed by atoms with Crippen LogP contribution in [0.4, 0.5) is 26.3 Å². The van der Waals surface area contributed by atoms with Crippen LogP contribution in [0.25, 0.3) is 0 Å². The Morgan fingerprint density at radius 3 is 1.48 bits per heavy atom. The number of rotatable bonds is 9. The molecule has 0 heterocycles. The van der Waals surface area contributed by atoms with Crippen molar-refractivity contribution >= 4 is 28.6 Å². The van der Waals surface area contributed by atoms with Crippen molar-refractivity contribution < 1.29 is 40.6 Å². The molecule has 0 N–H and O–H groups in total. The van der Waals surface area contributed by atoms with Crippen molar-refractivity contribution in [3.8, 4) is 5.75 Å². The minimum absolute atomic E-state index is 0.157. The van der Waals surface area contributed by atoms with Crippen LogP contribution in [0.3, 0.4) is 0 Å². The average Bonchev–Trinajstić information content (AvgIpc) is 3.07. The normalized spacial score (nSPS) is 24.4. The molecule has 8 rings (SSSR count). The third-order valence-corrected chi connectivity index (χ3v) is 13.6. The zero-order valence-corrected chi connectivity index (χ0v) is 28.7. The van der Waals surface area contributed by atoms with Gasteiger partial charge in [0.1, 0.15) is 11.4 Å². The van der Waals surface area contributed by atoms with Gasteiger partial charge < -0.3 is 9.47 Å². The highest BCUT2D eigenvalue weighted by Gasteiger charge is 2.57. The lowest BCUT2D eigenvalue weighted by atomic mass is 9.50. The Hall–Kier alpha value is -3.57. The molecular weight excluding hydrogens is 695 g/mol. The highest BCUT2D eigenvalue weighted by Crippen LogP contribution is 2.59. The van der Waals surface area contributed by atoms with E-state index < -0.39 is 40.0 Å². The van der Waals surface area contributed by atoms with Gasteiger partial charge in [0.2, 0.25) is 0 Å². The second-order valence-corrected chi connectivity index (χ2v) is 16.8. The lowest BCUT2D eigenvalue weighted by molar-refractivity contribution is -0.204. The van der Waals surface area contributed by atoms with Crippen molar-refractivity contribution in [2.75, 3.05) is 6.61 Å². The van der Waals surface area contributed by atoms with E-state index in [1.165, 1.54) is 42.4 Å². The number of carbonyl (C=O) groups excluding carboxylic acids is 1. The van der Waals surface area contributed by atoms with Crippen LogP contribution in [0.2, 0.25) is 0 Å². The minimum Gasteiger partial charge on any atom is -0.482 e. The number of hydrogen-bond donors (Lipinski definition) is 0. The summed E-state index contributed by atoms with van der Waals surface area (Å²) >= 11 is 1.48. The monoisotopic (exact) mass is 729 g/mol.